The highest BCUT2D eigenvalue weighted by molar-refractivity contribution is 5.96. The van der Waals surface area contributed by atoms with Gasteiger partial charge in [-0.1, -0.05) is 30.3 Å². The van der Waals surface area contributed by atoms with Gasteiger partial charge in [0, 0.05) is 17.5 Å². The number of nitrogens with one attached hydrogen (secondary N) is 1. The van der Waals surface area contributed by atoms with Crippen molar-refractivity contribution in [3.8, 4) is 0 Å². The van der Waals surface area contributed by atoms with Gasteiger partial charge in [0.1, 0.15) is 0 Å². The SMILES string of the molecule is CC(=O)c1c(Cc2ccccc2)c[nH]c1C. The number of rotatable bonds is 3. The highest BCUT2D eigenvalue weighted by Gasteiger charge is 2.12. The van der Waals surface area contributed by atoms with E-state index < -0.39 is 0 Å². The van der Waals surface area contributed by atoms with Gasteiger partial charge in [-0.25, -0.2) is 0 Å². The van der Waals surface area contributed by atoms with Crippen molar-refractivity contribution < 1.29 is 4.79 Å². The van der Waals surface area contributed by atoms with Gasteiger partial charge in [-0.2, -0.15) is 0 Å². The number of benzene rings is 1. The molecule has 0 radical (unpaired) electrons. The minimum atomic E-state index is 0.129. The Balaban J connectivity index is 2.32. The van der Waals surface area contributed by atoms with Crippen molar-refractivity contribution in [3.05, 3.63) is 58.9 Å². The summed E-state index contributed by atoms with van der Waals surface area (Å²) in [5.41, 5.74) is 4.10. The lowest BCUT2D eigenvalue weighted by Crippen LogP contribution is -1.98. The molecular formula is C14H15NO. The standard InChI is InChI=1S/C14H15NO/c1-10-14(11(2)16)13(9-15-10)8-12-6-4-3-5-7-12/h3-7,9,15H,8H2,1-2H3. The second-order valence-electron chi connectivity index (χ2n) is 4.03. The van der Waals surface area contributed by atoms with E-state index in [4.69, 9.17) is 0 Å². The molecule has 2 aromatic rings. The molecule has 0 aliphatic carbocycles. The molecule has 0 atom stereocenters. The number of H-pyrrole nitrogens is 1. The van der Waals surface area contributed by atoms with E-state index in [2.05, 4.69) is 17.1 Å². The molecule has 0 aliphatic heterocycles. The molecule has 0 unspecified atom stereocenters. The highest BCUT2D eigenvalue weighted by Crippen LogP contribution is 2.18. The van der Waals surface area contributed by atoms with E-state index >= 15 is 0 Å². The lowest BCUT2D eigenvalue weighted by molar-refractivity contribution is 0.101. The lowest BCUT2D eigenvalue weighted by atomic mass is 10.0. The monoisotopic (exact) mass is 213 g/mol. The minimum absolute atomic E-state index is 0.129. The van der Waals surface area contributed by atoms with Crippen LogP contribution in [-0.4, -0.2) is 10.8 Å². The van der Waals surface area contributed by atoms with Crippen LogP contribution in [0, 0.1) is 6.92 Å². The first-order valence-corrected chi connectivity index (χ1v) is 5.40. The molecule has 1 heterocycles. The van der Waals surface area contributed by atoms with Gasteiger partial charge < -0.3 is 4.98 Å². The molecule has 2 rings (SSSR count). The molecule has 1 N–H and O–H groups in total. The van der Waals surface area contributed by atoms with Crippen LogP contribution in [0.25, 0.3) is 0 Å². The summed E-state index contributed by atoms with van der Waals surface area (Å²) in [6.07, 6.45) is 2.74. The summed E-state index contributed by atoms with van der Waals surface area (Å²) in [5.74, 6) is 0.129. The van der Waals surface area contributed by atoms with Gasteiger partial charge in [0.05, 0.1) is 0 Å². The summed E-state index contributed by atoms with van der Waals surface area (Å²) in [6, 6.07) is 10.2. The zero-order valence-corrected chi connectivity index (χ0v) is 9.58. The topological polar surface area (TPSA) is 32.9 Å². The van der Waals surface area contributed by atoms with Crippen LogP contribution in [0.2, 0.25) is 0 Å². The molecule has 1 aromatic carbocycles. The van der Waals surface area contributed by atoms with Crippen molar-refractivity contribution in [1.29, 1.82) is 0 Å². The van der Waals surface area contributed by atoms with Gasteiger partial charge in [0.15, 0.2) is 5.78 Å². The zero-order valence-electron chi connectivity index (χ0n) is 9.58. The van der Waals surface area contributed by atoms with Gasteiger partial charge in [0.25, 0.3) is 0 Å². The third kappa shape index (κ3) is 2.06. The molecule has 2 heteroatoms. The summed E-state index contributed by atoms with van der Waals surface area (Å²) in [7, 11) is 0. The number of carbonyl (C=O) groups is 1. The first kappa shape index (κ1) is 10.7. The summed E-state index contributed by atoms with van der Waals surface area (Å²) in [5, 5.41) is 0. The van der Waals surface area contributed by atoms with Gasteiger partial charge in [-0.05, 0) is 31.4 Å². The van der Waals surface area contributed by atoms with E-state index in [9.17, 15) is 4.79 Å². The molecule has 0 aliphatic rings. The maximum absolute atomic E-state index is 11.5. The highest BCUT2D eigenvalue weighted by atomic mass is 16.1. The molecule has 0 saturated heterocycles. The quantitative estimate of drug-likeness (QED) is 0.781. The lowest BCUT2D eigenvalue weighted by Gasteiger charge is -2.02. The summed E-state index contributed by atoms with van der Waals surface area (Å²) < 4.78 is 0. The van der Waals surface area contributed by atoms with E-state index in [0.29, 0.717) is 0 Å². The van der Waals surface area contributed by atoms with E-state index in [-0.39, 0.29) is 5.78 Å². The molecule has 82 valence electrons. The summed E-state index contributed by atoms with van der Waals surface area (Å²) >= 11 is 0. The van der Waals surface area contributed by atoms with Crippen LogP contribution in [0.3, 0.4) is 0 Å². The molecule has 0 saturated carbocycles. The van der Waals surface area contributed by atoms with E-state index in [1.54, 1.807) is 6.92 Å². The number of carbonyl (C=O) groups excluding carboxylic acids is 1. The third-order valence-electron chi connectivity index (χ3n) is 2.75. The molecule has 1 aromatic heterocycles. The predicted octanol–water partition coefficient (Wildman–Crippen LogP) is 3.12. The fourth-order valence-corrected chi connectivity index (χ4v) is 2.03. The molecule has 0 amide bonds. The zero-order chi connectivity index (χ0) is 11.5. The van der Waals surface area contributed by atoms with Gasteiger partial charge in [-0.3, -0.25) is 4.79 Å². The van der Waals surface area contributed by atoms with Crippen LogP contribution in [0.5, 0.6) is 0 Å². The van der Waals surface area contributed by atoms with E-state index in [1.165, 1.54) is 5.56 Å². The average molecular weight is 213 g/mol. The normalized spacial score (nSPS) is 10.4. The van der Waals surface area contributed by atoms with Crippen LogP contribution in [0.15, 0.2) is 36.5 Å². The Morgan fingerprint density at radius 1 is 1.25 bits per heavy atom. The van der Waals surface area contributed by atoms with E-state index in [1.807, 2.05) is 31.3 Å². The number of aromatic amines is 1. The Kier molecular flexibility index (Phi) is 2.91. The number of hydrogen-bond acceptors (Lipinski definition) is 1. The Labute approximate surface area is 95.3 Å². The number of Topliss-reactive ketones (excluding diaryl/α,β-unsaturated/α-hetero) is 1. The Morgan fingerprint density at radius 2 is 1.94 bits per heavy atom. The number of aryl methyl sites for hydroxylation is 1. The maximum Gasteiger partial charge on any atom is 0.161 e. The second-order valence-corrected chi connectivity index (χ2v) is 4.03. The van der Waals surface area contributed by atoms with Crippen LogP contribution in [0.1, 0.15) is 34.1 Å². The summed E-state index contributed by atoms with van der Waals surface area (Å²) in [4.78, 5) is 14.6. The Morgan fingerprint density at radius 3 is 2.56 bits per heavy atom. The van der Waals surface area contributed by atoms with Crippen molar-refractivity contribution in [1.82, 2.24) is 4.98 Å². The minimum Gasteiger partial charge on any atom is -0.364 e. The Hall–Kier alpha value is -1.83. The number of hydrogen-bond donors (Lipinski definition) is 1. The van der Waals surface area contributed by atoms with Crippen LogP contribution in [0.4, 0.5) is 0 Å². The first-order chi connectivity index (χ1) is 7.68. The fourth-order valence-electron chi connectivity index (χ4n) is 2.03. The van der Waals surface area contributed by atoms with Crippen molar-refractivity contribution in [2.75, 3.05) is 0 Å². The van der Waals surface area contributed by atoms with Gasteiger partial charge in [-0.15, -0.1) is 0 Å². The molecule has 16 heavy (non-hydrogen) atoms. The smallest absolute Gasteiger partial charge is 0.161 e. The fraction of sp³-hybridized carbons (Fsp3) is 0.214. The van der Waals surface area contributed by atoms with E-state index in [0.717, 1.165) is 23.2 Å². The second kappa shape index (κ2) is 4.35. The number of aromatic nitrogens is 1. The maximum atomic E-state index is 11.5. The Bertz CT molecular complexity index is 497. The molecule has 0 bridgehead atoms. The van der Waals surface area contributed by atoms with Crippen LogP contribution < -0.4 is 0 Å². The first-order valence-electron chi connectivity index (χ1n) is 5.40. The third-order valence-corrected chi connectivity index (χ3v) is 2.75. The van der Waals surface area contributed by atoms with Crippen molar-refractivity contribution in [2.45, 2.75) is 20.3 Å². The van der Waals surface area contributed by atoms with Gasteiger partial charge >= 0.3 is 0 Å². The molecular weight excluding hydrogens is 198 g/mol. The van der Waals surface area contributed by atoms with Gasteiger partial charge in [0.2, 0.25) is 0 Å². The largest absolute Gasteiger partial charge is 0.364 e. The molecule has 0 spiro atoms. The predicted molar refractivity (Wildman–Crippen MR) is 64.8 cm³/mol. The molecule has 2 nitrogen and oxygen atoms in total. The average Bonchev–Trinajstić information content (AvgIpc) is 2.61. The van der Waals surface area contributed by atoms with Crippen LogP contribution >= 0.6 is 0 Å². The van der Waals surface area contributed by atoms with Crippen molar-refractivity contribution in [3.63, 3.8) is 0 Å². The number of ketones is 1. The van der Waals surface area contributed by atoms with Crippen molar-refractivity contribution in [2.24, 2.45) is 0 Å². The van der Waals surface area contributed by atoms with Crippen LogP contribution in [-0.2, 0) is 6.42 Å². The van der Waals surface area contributed by atoms with Crippen molar-refractivity contribution >= 4 is 5.78 Å². The molecule has 0 fully saturated rings. The summed E-state index contributed by atoms with van der Waals surface area (Å²) in [6.45, 7) is 3.55.